The number of anilines is 2. The first-order valence-corrected chi connectivity index (χ1v) is 14.2. The molecule has 0 unspecified atom stereocenters. The van der Waals surface area contributed by atoms with Gasteiger partial charge in [-0.1, -0.05) is 25.3 Å². The van der Waals surface area contributed by atoms with Crippen LogP contribution in [0, 0.1) is 11.7 Å². The van der Waals surface area contributed by atoms with Gasteiger partial charge in [0.25, 0.3) is 0 Å². The number of imidazole rings is 1. The van der Waals surface area contributed by atoms with Crippen LogP contribution in [-0.4, -0.2) is 49.1 Å². The molecular weight excluding hydrogens is 507 g/mol. The Hall–Kier alpha value is -4.34. The van der Waals surface area contributed by atoms with E-state index in [1.807, 2.05) is 12.1 Å². The number of hydrogen-bond acceptors (Lipinski definition) is 6. The van der Waals surface area contributed by atoms with Crippen LogP contribution in [0.15, 0.2) is 42.9 Å². The Labute approximate surface area is 230 Å². The van der Waals surface area contributed by atoms with E-state index in [9.17, 15) is 4.79 Å². The quantitative estimate of drug-likeness (QED) is 0.245. The van der Waals surface area contributed by atoms with Crippen LogP contribution in [0.25, 0.3) is 44.7 Å². The van der Waals surface area contributed by atoms with E-state index in [2.05, 4.69) is 41.4 Å². The van der Waals surface area contributed by atoms with Crippen LogP contribution in [0.1, 0.15) is 51.4 Å². The third-order valence-electron chi connectivity index (χ3n) is 8.21. The maximum absolute atomic E-state index is 16.2. The van der Waals surface area contributed by atoms with Crippen LogP contribution in [0.4, 0.5) is 15.8 Å². The Bertz CT molecular complexity index is 1700. The highest BCUT2D eigenvalue weighted by Gasteiger charge is 2.24. The van der Waals surface area contributed by atoms with Crippen molar-refractivity contribution < 1.29 is 9.18 Å². The molecular formula is C30H31FN8O. The van der Waals surface area contributed by atoms with Crippen LogP contribution in [0.2, 0.25) is 0 Å². The predicted octanol–water partition coefficient (Wildman–Crippen LogP) is 6.21. The fourth-order valence-corrected chi connectivity index (χ4v) is 6.11. The second-order valence-electron chi connectivity index (χ2n) is 10.9. The summed E-state index contributed by atoms with van der Waals surface area (Å²) in [6.07, 6.45) is 13.4. The second-order valence-corrected chi connectivity index (χ2v) is 10.9. The molecule has 1 saturated heterocycles. The summed E-state index contributed by atoms with van der Waals surface area (Å²) in [6.45, 7) is 2.01. The largest absolute Gasteiger partial charge is 0.370 e. The Morgan fingerprint density at radius 2 is 1.80 bits per heavy atom. The molecule has 1 amide bonds. The van der Waals surface area contributed by atoms with Gasteiger partial charge in [0.1, 0.15) is 16.9 Å². The van der Waals surface area contributed by atoms with Gasteiger partial charge in [-0.2, -0.15) is 5.10 Å². The lowest BCUT2D eigenvalue weighted by atomic mass is 9.88. The van der Waals surface area contributed by atoms with E-state index < -0.39 is 5.82 Å². The van der Waals surface area contributed by atoms with Gasteiger partial charge in [-0.3, -0.25) is 19.9 Å². The van der Waals surface area contributed by atoms with Gasteiger partial charge in [0, 0.05) is 30.8 Å². The van der Waals surface area contributed by atoms with Crippen LogP contribution in [0.3, 0.4) is 0 Å². The van der Waals surface area contributed by atoms with Gasteiger partial charge >= 0.3 is 0 Å². The molecule has 5 heterocycles. The molecule has 1 aliphatic carbocycles. The van der Waals surface area contributed by atoms with E-state index in [0.29, 0.717) is 33.7 Å². The molecule has 5 aromatic rings. The van der Waals surface area contributed by atoms with Crippen molar-refractivity contribution in [2.75, 3.05) is 23.3 Å². The highest BCUT2D eigenvalue weighted by Crippen LogP contribution is 2.35. The third kappa shape index (κ3) is 4.47. The number of benzene rings is 1. The monoisotopic (exact) mass is 538 g/mol. The van der Waals surface area contributed by atoms with Crippen molar-refractivity contribution in [1.29, 1.82) is 0 Å². The first kappa shape index (κ1) is 24.7. The summed E-state index contributed by atoms with van der Waals surface area (Å²) in [7, 11) is 0. The van der Waals surface area contributed by atoms with Crippen molar-refractivity contribution in [3.63, 3.8) is 0 Å². The van der Waals surface area contributed by atoms with Crippen molar-refractivity contribution >= 4 is 39.2 Å². The van der Waals surface area contributed by atoms with E-state index in [1.165, 1.54) is 25.7 Å². The number of carbonyl (C=O) groups excluding carboxylic acids is 1. The molecule has 2 fully saturated rings. The molecule has 0 radical (unpaired) electrons. The van der Waals surface area contributed by atoms with Crippen LogP contribution >= 0.6 is 0 Å². The predicted molar refractivity (Wildman–Crippen MR) is 153 cm³/mol. The van der Waals surface area contributed by atoms with Crippen LogP contribution in [-0.2, 0) is 4.79 Å². The zero-order valence-corrected chi connectivity index (χ0v) is 22.2. The highest BCUT2D eigenvalue weighted by molar-refractivity contribution is 5.98. The van der Waals surface area contributed by atoms with Crippen molar-refractivity contribution in [2.24, 2.45) is 5.92 Å². The number of fused-ring (bicyclic) bond motifs is 2. The van der Waals surface area contributed by atoms with Gasteiger partial charge in [-0.15, -0.1) is 0 Å². The lowest BCUT2D eigenvalue weighted by Gasteiger charge is -2.28. The summed E-state index contributed by atoms with van der Waals surface area (Å²) in [5.41, 5.74) is 4.84. The minimum absolute atomic E-state index is 0.00605. The summed E-state index contributed by atoms with van der Waals surface area (Å²) in [5.74, 6) is -0.0197. The molecule has 1 aromatic carbocycles. The Kier molecular flexibility index (Phi) is 6.37. The Morgan fingerprint density at radius 1 is 0.975 bits per heavy atom. The lowest BCUT2D eigenvalue weighted by molar-refractivity contribution is -0.120. The molecule has 0 spiro atoms. The maximum Gasteiger partial charge on any atom is 0.227 e. The number of amides is 1. The van der Waals surface area contributed by atoms with E-state index in [0.717, 1.165) is 55.5 Å². The first-order chi connectivity index (χ1) is 19.7. The van der Waals surface area contributed by atoms with Gasteiger partial charge in [0.2, 0.25) is 5.91 Å². The number of rotatable bonds is 5. The number of piperidine rings is 1. The third-order valence-corrected chi connectivity index (χ3v) is 8.21. The molecule has 4 aromatic heterocycles. The second kappa shape index (κ2) is 10.3. The summed E-state index contributed by atoms with van der Waals surface area (Å²) in [6, 6.07) is 7.82. The average molecular weight is 539 g/mol. The van der Waals surface area contributed by atoms with Crippen molar-refractivity contribution in [1.82, 2.24) is 30.1 Å². The van der Waals surface area contributed by atoms with Crippen molar-refractivity contribution in [3.8, 4) is 22.8 Å². The summed E-state index contributed by atoms with van der Waals surface area (Å²) >= 11 is 0. The zero-order valence-electron chi connectivity index (χ0n) is 22.2. The average Bonchev–Trinajstić information content (AvgIpc) is 3.63. The number of H-pyrrole nitrogens is 2. The molecule has 204 valence electrons. The smallest absolute Gasteiger partial charge is 0.227 e. The van der Waals surface area contributed by atoms with E-state index in [4.69, 9.17) is 4.98 Å². The Balaban J connectivity index is 1.24. The number of aromatic amines is 2. The fraction of sp³-hybridized carbons (Fsp3) is 0.367. The molecule has 1 saturated carbocycles. The molecule has 7 rings (SSSR count). The van der Waals surface area contributed by atoms with Crippen LogP contribution in [0.5, 0.6) is 0 Å². The molecule has 10 heteroatoms. The zero-order chi connectivity index (χ0) is 27.1. The SMILES string of the molecule is O=C(Nc1cncc(-c2ncc3[nH]nc(-c4nc5c(N6CCCCC6)cccc5[nH]4)c3c2F)c1)C1CCCCC1. The summed E-state index contributed by atoms with van der Waals surface area (Å²) in [5, 5.41) is 10.6. The number of hydrogen-bond donors (Lipinski definition) is 3. The van der Waals surface area contributed by atoms with Crippen LogP contribution < -0.4 is 10.2 Å². The molecule has 3 N–H and O–H groups in total. The van der Waals surface area contributed by atoms with Crippen molar-refractivity contribution in [2.45, 2.75) is 51.4 Å². The van der Waals surface area contributed by atoms with E-state index in [1.54, 1.807) is 24.7 Å². The minimum atomic E-state index is -0.518. The highest BCUT2D eigenvalue weighted by atomic mass is 19.1. The molecule has 40 heavy (non-hydrogen) atoms. The maximum atomic E-state index is 16.2. The van der Waals surface area contributed by atoms with Gasteiger partial charge < -0.3 is 15.2 Å². The summed E-state index contributed by atoms with van der Waals surface area (Å²) < 4.78 is 16.2. The van der Waals surface area contributed by atoms with Gasteiger partial charge in [-0.25, -0.2) is 9.37 Å². The molecule has 0 atom stereocenters. The lowest BCUT2D eigenvalue weighted by Crippen LogP contribution is -2.29. The number of halogens is 1. The summed E-state index contributed by atoms with van der Waals surface area (Å²) in [4.78, 5) is 32.0. The van der Waals surface area contributed by atoms with E-state index >= 15 is 4.39 Å². The number of pyridine rings is 2. The number of carbonyl (C=O) groups is 1. The number of para-hydroxylation sites is 1. The molecule has 1 aliphatic heterocycles. The fourth-order valence-electron chi connectivity index (χ4n) is 6.11. The Morgan fingerprint density at radius 3 is 2.65 bits per heavy atom. The molecule has 2 aliphatic rings. The number of nitrogens with zero attached hydrogens (tertiary/aromatic N) is 5. The number of nitrogens with one attached hydrogen (secondary N) is 3. The molecule has 9 nitrogen and oxygen atoms in total. The number of aromatic nitrogens is 6. The molecule has 0 bridgehead atoms. The van der Waals surface area contributed by atoms with Crippen molar-refractivity contribution in [3.05, 3.63) is 48.7 Å². The van der Waals surface area contributed by atoms with Gasteiger partial charge in [0.15, 0.2) is 11.6 Å². The minimum Gasteiger partial charge on any atom is -0.370 e. The normalized spacial score (nSPS) is 16.6. The van der Waals surface area contributed by atoms with E-state index in [-0.39, 0.29) is 17.5 Å². The first-order valence-electron chi connectivity index (χ1n) is 14.2. The standard InChI is InChI=1S/C30H31FN8O/c31-25-24-22(17-33-26(25)19-14-20(16-32-15-19)34-30(40)18-8-3-1-4-9-18)37-38-28(24)29-35-21-10-7-11-23(27(21)36-29)39-12-5-2-6-13-39/h7,10-11,14-18H,1-6,8-9,12-13H2,(H,34,40)(H,35,36)(H,37,38). The van der Waals surface area contributed by atoms with Gasteiger partial charge in [-0.05, 0) is 50.3 Å². The topological polar surface area (TPSA) is 115 Å². The van der Waals surface area contributed by atoms with Gasteiger partial charge in [0.05, 0.1) is 40.2 Å².